The van der Waals surface area contributed by atoms with E-state index in [4.69, 9.17) is 23.4 Å². The molecule has 10 heteroatoms. The van der Waals surface area contributed by atoms with Crippen LogP contribution in [0.2, 0.25) is 0 Å². The summed E-state index contributed by atoms with van der Waals surface area (Å²) in [6, 6.07) is 7.78. The molecule has 0 radical (unpaired) electrons. The molecule has 0 bridgehead atoms. The zero-order valence-electron chi connectivity index (χ0n) is 19.8. The Hall–Kier alpha value is -3.69. The molecule has 0 fully saturated rings. The van der Waals surface area contributed by atoms with Crippen molar-refractivity contribution in [3.63, 3.8) is 0 Å². The number of fused-ring (bicyclic) bond motifs is 1. The molecule has 0 aliphatic carbocycles. The van der Waals surface area contributed by atoms with Gasteiger partial charge in [0.05, 0.1) is 31.3 Å². The zero-order chi connectivity index (χ0) is 25.9. The second-order valence-electron chi connectivity index (χ2n) is 7.78. The fourth-order valence-electron chi connectivity index (χ4n) is 3.33. The van der Waals surface area contributed by atoms with Gasteiger partial charge in [-0.3, -0.25) is 4.79 Å². The highest BCUT2D eigenvalue weighted by Gasteiger charge is 2.39. The van der Waals surface area contributed by atoms with E-state index in [1.165, 1.54) is 51.5 Å². The van der Waals surface area contributed by atoms with Crippen LogP contribution in [-0.4, -0.2) is 32.4 Å². The molecule has 1 aromatic heterocycles. The molecule has 0 saturated carbocycles. The third-order valence-electron chi connectivity index (χ3n) is 5.33. The minimum atomic E-state index is -4.97. The zero-order valence-corrected chi connectivity index (χ0v) is 19.8. The summed E-state index contributed by atoms with van der Waals surface area (Å²) >= 11 is 0. The molecule has 0 N–H and O–H groups in total. The fraction of sp³-hybridized carbons (Fsp3) is 0.360. The molecular weight excluding hydrogens is 469 g/mol. The van der Waals surface area contributed by atoms with Crippen molar-refractivity contribution in [1.29, 1.82) is 0 Å². The second kappa shape index (κ2) is 10.3. The lowest BCUT2D eigenvalue weighted by Crippen LogP contribution is -2.29. The highest BCUT2D eigenvalue weighted by atomic mass is 19.4. The first kappa shape index (κ1) is 25.9. The predicted octanol–water partition coefficient (Wildman–Crippen LogP) is 5.61. The summed E-state index contributed by atoms with van der Waals surface area (Å²) in [6.45, 7) is 5.03. The summed E-state index contributed by atoms with van der Waals surface area (Å²) in [4.78, 5) is 25.3. The molecule has 0 aliphatic rings. The summed E-state index contributed by atoms with van der Waals surface area (Å²) in [7, 11) is 2.71. The minimum absolute atomic E-state index is 0.0428. The van der Waals surface area contributed by atoms with Gasteiger partial charge in [-0.15, -0.1) is 0 Å². The fourth-order valence-corrected chi connectivity index (χ4v) is 3.33. The van der Waals surface area contributed by atoms with Crippen LogP contribution in [0.1, 0.15) is 33.0 Å². The number of ether oxygens (including phenoxy) is 4. The number of hydrogen-bond donors (Lipinski definition) is 0. The maximum absolute atomic E-state index is 14.0. The smallest absolute Gasteiger partial charge is 0.450 e. The Morgan fingerprint density at radius 3 is 2.31 bits per heavy atom. The maximum atomic E-state index is 14.0. The van der Waals surface area contributed by atoms with Crippen molar-refractivity contribution in [2.24, 2.45) is 0 Å². The van der Waals surface area contributed by atoms with Crippen molar-refractivity contribution < 1.29 is 41.3 Å². The lowest BCUT2D eigenvalue weighted by molar-refractivity contribution is -0.156. The number of methoxy groups -OCH3 is 2. The number of alkyl halides is 3. The van der Waals surface area contributed by atoms with Crippen molar-refractivity contribution in [2.75, 3.05) is 14.2 Å². The Kier molecular flexibility index (Phi) is 7.62. The summed E-state index contributed by atoms with van der Waals surface area (Å²) in [5.41, 5.74) is -1.94. The van der Waals surface area contributed by atoms with E-state index in [9.17, 15) is 22.8 Å². The normalized spacial score (nSPS) is 13.3. The van der Waals surface area contributed by atoms with Gasteiger partial charge in [-0.2, -0.15) is 13.2 Å². The van der Waals surface area contributed by atoms with E-state index in [0.717, 1.165) is 6.07 Å². The van der Waals surface area contributed by atoms with Crippen LogP contribution in [0.25, 0.3) is 22.1 Å². The Morgan fingerprint density at radius 1 is 1.03 bits per heavy atom. The van der Waals surface area contributed by atoms with Crippen molar-refractivity contribution in [3.8, 4) is 28.4 Å². The number of carbonyl (C=O) groups excluding carboxylic acids is 1. The number of rotatable bonds is 8. The first-order valence-corrected chi connectivity index (χ1v) is 10.8. The van der Waals surface area contributed by atoms with E-state index in [-0.39, 0.29) is 39.9 Å². The van der Waals surface area contributed by atoms with Gasteiger partial charge >= 0.3 is 12.1 Å². The lowest BCUT2D eigenvalue weighted by Gasteiger charge is -2.17. The van der Waals surface area contributed by atoms with Crippen LogP contribution in [0.4, 0.5) is 13.2 Å². The average molecular weight is 494 g/mol. The first-order valence-electron chi connectivity index (χ1n) is 10.8. The van der Waals surface area contributed by atoms with E-state index < -0.39 is 35.0 Å². The van der Waals surface area contributed by atoms with Gasteiger partial charge < -0.3 is 23.4 Å². The molecule has 2 atom stereocenters. The number of carbonyl (C=O) groups is 1. The summed E-state index contributed by atoms with van der Waals surface area (Å²) in [6.07, 6.45) is -5.70. The van der Waals surface area contributed by atoms with E-state index in [1.54, 1.807) is 6.92 Å². The maximum Gasteiger partial charge on any atom is 0.450 e. The monoisotopic (exact) mass is 494 g/mol. The Balaban J connectivity index is 2.10. The van der Waals surface area contributed by atoms with Crippen LogP contribution in [-0.2, 0) is 15.7 Å². The van der Waals surface area contributed by atoms with Gasteiger partial charge in [-0.1, -0.05) is 13.0 Å². The Morgan fingerprint density at radius 2 is 1.71 bits per heavy atom. The predicted molar refractivity (Wildman–Crippen MR) is 122 cm³/mol. The van der Waals surface area contributed by atoms with E-state index in [2.05, 4.69) is 0 Å². The van der Waals surface area contributed by atoms with Crippen molar-refractivity contribution in [2.45, 2.75) is 45.6 Å². The molecule has 188 valence electrons. The van der Waals surface area contributed by atoms with E-state index in [1.807, 2.05) is 6.92 Å². The summed E-state index contributed by atoms with van der Waals surface area (Å²) in [5.74, 6) is -1.61. The average Bonchev–Trinajstić information content (AvgIpc) is 2.82. The molecule has 35 heavy (non-hydrogen) atoms. The van der Waals surface area contributed by atoms with E-state index in [0.29, 0.717) is 6.42 Å². The van der Waals surface area contributed by atoms with Gasteiger partial charge in [0.15, 0.2) is 17.6 Å². The second-order valence-corrected chi connectivity index (χ2v) is 7.78. The molecule has 2 unspecified atom stereocenters. The standard InChI is InChI=1S/C25H25F3O7/c1-6-13(2)33-24(30)14(3)34-16-8-9-17-19(12-16)35-23(25(26,27)28)21(22(17)29)15-7-10-18(31-4)20(11-15)32-5/h7-14H,6H2,1-5H3. The van der Waals surface area contributed by atoms with Crippen LogP contribution >= 0.6 is 0 Å². The number of benzene rings is 2. The quantitative estimate of drug-likeness (QED) is 0.377. The number of esters is 1. The van der Waals surface area contributed by atoms with Gasteiger partial charge in [0.1, 0.15) is 11.3 Å². The SMILES string of the molecule is CCC(C)OC(=O)C(C)Oc1ccc2c(=O)c(-c3ccc(OC)c(OC)c3)c(C(F)(F)F)oc2c1. The van der Waals surface area contributed by atoms with Crippen LogP contribution in [0.15, 0.2) is 45.6 Å². The summed E-state index contributed by atoms with van der Waals surface area (Å²) in [5, 5.41) is -0.0926. The molecule has 1 heterocycles. The molecule has 2 aromatic carbocycles. The number of hydrogen-bond acceptors (Lipinski definition) is 7. The molecule has 0 spiro atoms. The van der Waals surface area contributed by atoms with Gasteiger partial charge in [-0.05, 0) is 50.1 Å². The lowest BCUT2D eigenvalue weighted by atomic mass is 10.0. The Labute approximate surface area is 199 Å². The van der Waals surface area contributed by atoms with Gasteiger partial charge in [0.25, 0.3) is 0 Å². The molecule has 3 aromatic rings. The van der Waals surface area contributed by atoms with Crippen LogP contribution in [0.3, 0.4) is 0 Å². The van der Waals surface area contributed by atoms with Crippen LogP contribution in [0.5, 0.6) is 17.2 Å². The minimum Gasteiger partial charge on any atom is -0.493 e. The highest BCUT2D eigenvalue weighted by Crippen LogP contribution is 2.40. The van der Waals surface area contributed by atoms with Crippen molar-refractivity contribution in [3.05, 3.63) is 52.4 Å². The van der Waals surface area contributed by atoms with Gasteiger partial charge in [0.2, 0.25) is 11.2 Å². The third-order valence-corrected chi connectivity index (χ3v) is 5.33. The highest BCUT2D eigenvalue weighted by molar-refractivity contribution is 5.84. The van der Waals surface area contributed by atoms with E-state index >= 15 is 0 Å². The molecular formula is C25H25F3O7. The summed E-state index contributed by atoms with van der Waals surface area (Å²) < 4.78 is 68.1. The molecule has 7 nitrogen and oxygen atoms in total. The number of halogens is 3. The molecule has 0 amide bonds. The topological polar surface area (TPSA) is 84.2 Å². The first-order chi connectivity index (χ1) is 16.5. The van der Waals surface area contributed by atoms with Crippen molar-refractivity contribution in [1.82, 2.24) is 0 Å². The largest absolute Gasteiger partial charge is 0.493 e. The molecule has 3 rings (SSSR count). The van der Waals surface area contributed by atoms with Crippen LogP contribution < -0.4 is 19.6 Å². The van der Waals surface area contributed by atoms with Gasteiger partial charge in [-0.25, -0.2) is 4.79 Å². The van der Waals surface area contributed by atoms with Crippen molar-refractivity contribution >= 4 is 16.9 Å². The Bertz CT molecular complexity index is 1280. The third kappa shape index (κ3) is 5.52. The molecule has 0 saturated heterocycles. The van der Waals surface area contributed by atoms with Crippen LogP contribution in [0, 0.1) is 0 Å². The van der Waals surface area contributed by atoms with Gasteiger partial charge in [0, 0.05) is 6.07 Å². The molecule has 0 aliphatic heterocycles.